The van der Waals surface area contributed by atoms with Crippen molar-refractivity contribution in [3.05, 3.63) is 56.7 Å². The highest BCUT2D eigenvalue weighted by atomic mass is 16.6. The topological polar surface area (TPSA) is 132 Å². The quantitative estimate of drug-likeness (QED) is 0.642. The molecule has 0 saturated carbocycles. The molecule has 1 atom stereocenters. The summed E-state index contributed by atoms with van der Waals surface area (Å²) < 4.78 is 6.37. The first-order valence-electron chi connectivity index (χ1n) is 10.0. The molecule has 166 valence electrons. The van der Waals surface area contributed by atoms with Crippen molar-refractivity contribution in [3.63, 3.8) is 0 Å². The summed E-state index contributed by atoms with van der Waals surface area (Å²) in [6.07, 6.45) is -0.674. The molecule has 1 aliphatic rings. The van der Waals surface area contributed by atoms with E-state index in [-0.39, 0.29) is 37.0 Å². The Bertz CT molecular complexity index is 1070. The van der Waals surface area contributed by atoms with E-state index < -0.39 is 23.3 Å². The van der Waals surface area contributed by atoms with E-state index in [4.69, 9.17) is 15.3 Å². The molecule has 1 aromatic carbocycles. The summed E-state index contributed by atoms with van der Waals surface area (Å²) in [6, 6.07) is 9.38. The van der Waals surface area contributed by atoms with Gasteiger partial charge in [0.2, 0.25) is 6.10 Å². The number of hydrogen-bond acceptors (Lipinski definition) is 7. The Balaban J connectivity index is 1.93. The zero-order chi connectivity index (χ0) is 22.5. The van der Waals surface area contributed by atoms with Gasteiger partial charge in [-0.25, -0.2) is 4.79 Å². The summed E-state index contributed by atoms with van der Waals surface area (Å²) in [7, 11) is 1.48. The van der Waals surface area contributed by atoms with Crippen LogP contribution in [-0.2, 0) is 20.9 Å². The molecule has 2 aromatic rings. The number of nitrogens with two attached hydrogens (primary N) is 1. The largest absolute Gasteiger partial charge is 0.383 e. The van der Waals surface area contributed by atoms with Crippen LogP contribution < -0.4 is 21.9 Å². The molecule has 0 spiro atoms. The Labute approximate surface area is 179 Å². The van der Waals surface area contributed by atoms with Crippen LogP contribution >= 0.6 is 0 Å². The van der Waals surface area contributed by atoms with E-state index in [1.165, 1.54) is 16.6 Å². The molecular formula is C21H27N5O5. The van der Waals surface area contributed by atoms with Crippen LogP contribution in [0.25, 0.3) is 0 Å². The van der Waals surface area contributed by atoms with Crippen LogP contribution in [0.15, 0.2) is 45.1 Å². The SMILES string of the molecule is COCCN(C(=O)C1CC(c2ccccc2)=NO1)c1c(N)n(CC(C)C)c(=O)[nH]c1=O. The minimum Gasteiger partial charge on any atom is -0.383 e. The van der Waals surface area contributed by atoms with E-state index in [1.54, 1.807) is 0 Å². The Morgan fingerprint density at radius 3 is 2.71 bits per heavy atom. The van der Waals surface area contributed by atoms with Crippen LogP contribution in [0.2, 0.25) is 0 Å². The van der Waals surface area contributed by atoms with Gasteiger partial charge in [0.1, 0.15) is 5.82 Å². The van der Waals surface area contributed by atoms with Gasteiger partial charge in [-0.05, 0) is 11.5 Å². The molecule has 0 bridgehead atoms. The Morgan fingerprint density at radius 2 is 2.06 bits per heavy atom. The van der Waals surface area contributed by atoms with Gasteiger partial charge in [0.05, 0.1) is 12.3 Å². The number of hydrogen-bond donors (Lipinski definition) is 2. The number of aromatic nitrogens is 2. The van der Waals surface area contributed by atoms with Crippen LogP contribution in [-0.4, -0.2) is 47.5 Å². The van der Waals surface area contributed by atoms with Gasteiger partial charge in [-0.1, -0.05) is 49.3 Å². The average molecular weight is 429 g/mol. The second kappa shape index (κ2) is 9.61. The average Bonchev–Trinajstić information content (AvgIpc) is 3.23. The number of benzene rings is 1. The van der Waals surface area contributed by atoms with Crippen molar-refractivity contribution in [2.24, 2.45) is 11.1 Å². The zero-order valence-electron chi connectivity index (χ0n) is 17.8. The molecule has 1 unspecified atom stereocenters. The van der Waals surface area contributed by atoms with Gasteiger partial charge in [-0.15, -0.1) is 0 Å². The first-order chi connectivity index (χ1) is 14.8. The smallest absolute Gasteiger partial charge is 0.330 e. The van der Waals surface area contributed by atoms with Crippen molar-refractivity contribution < 1.29 is 14.4 Å². The highest BCUT2D eigenvalue weighted by Gasteiger charge is 2.35. The van der Waals surface area contributed by atoms with E-state index in [2.05, 4.69) is 10.1 Å². The lowest BCUT2D eigenvalue weighted by atomic mass is 10.0. The lowest BCUT2D eigenvalue weighted by molar-refractivity contribution is -0.128. The van der Waals surface area contributed by atoms with Crippen LogP contribution in [0, 0.1) is 5.92 Å². The number of oxime groups is 1. The Morgan fingerprint density at radius 1 is 1.35 bits per heavy atom. The number of amides is 1. The molecule has 10 heteroatoms. The van der Waals surface area contributed by atoms with E-state index >= 15 is 0 Å². The van der Waals surface area contributed by atoms with E-state index in [1.807, 2.05) is 44.2 Å². The van der Waals surface area contributed by atoms with Gasteiger partial charge < -0.3 is 15.3 Å². The van der Waals surface area contributed by atoms with Gasteiger partial charge in [-0.3, -0.25) is 24.0 Å². The lowest BCUT2D eigenvalue weighted by Gasteiger charge is -2.26. The maximum atomic E-state index is 13.3. The summed E-state index contributed by atoms with van der Waals surface area (Å²) in [5.74, 6) is -0.463. The van der Waals surface area contributed by atoms with Crippen molar-refractivity contribution in [2.45, 2.75) is 32.9 Å². The number of aromatic amines is 1. The van der Waals surface area contributed by atoms with Crippen LogP contribution in [0.3, 0.4) is 0 Å². The number of methoxy groups -OCH3 is 1. The predicted molar refractivity (Wildman–Crippen MR) is 117 cm³/mol. The van der Waals surface area contributed by atoms with Crippen molar-refractivity contribution in [2.75, 3.05) is 30.9 Å². The number of H-pyrrole nitrogens is 1. The highest BCUT2D eigenvalue weighted by molar-refractivity contribution is 6.07. The summed E-state index contributed by atoms with van der Waals surface area (Å²) in [5, 5.41) is 4.05. The van der Waals surface area contributed by atoms with Gasteiger partial charge in [0, 0.05) is 26.6 Å². The fourth-order valence-electron chi connectivity index (χ4n) is 3.38. The molecule has 1 amide bonds. The van der Waals surface area contributed by atoms with Crippen LogP contribution in [0.5, 0.6) is 0 Å². The van der Waals surface area contributed by atoms with Gasteiger partial charge >= 0.3 is 5.69 Å². The van der Waals surface area contributed by atoms with Gasteiger partial charge in [0.15, 0.2) is 5.69 Å². The number of rotatable bonds is 8. The maximum Gasteiger partial charge on any atom is 0.330 e. The first kappa shape index (κ1) is 22.3. The third-order valence-corrected chi connectivity index (χ3v) is 4.87. The third-order valence-electron chi connectivity index (χ3n) is 4.87. The normalized spacial score (nSPS) is 15.6. The fourth-order valence-corrected chi connectivity index (χ4v) is 3.38. The molecule has 0 saturated heterocycles. The number of carbonyl (C=O) groups excluding carboxylic acids is 1. The van der Waals surface area contributed by atoms with E-state index in [9.17, 15) is 14.4 Å². The number of nitrogens with one attached hydrogen (secondary N) is 1. The van der Waals surface area contributed by atoms with Crippen molar-refractivity contribution in [1.29, 1.82) is 0 Å². The van der Waals surface area contributed by atoms with E-state index in [0.29, 0.717) is 12.3 Å². The Kier molecular flexibility index (Phi) is 6.91. The molecule has 31 heavy (non-hydrogen) atoms. The molecular weight excluding hydrogens is 402 g/mol. The van der Waals surface area contributed by atoms with Crippen molar-refractivity contribution in [1.82, 2.24) is 9.55 Å². The van der Waals surface area contributed by atoms with Gasteiger partial charge in [0.25, 0.3) is 11.5 Å². The van der Waals surface area contributed by atoms with Gasteiger partial charge in [-0.2, -0.15) is 0 Å². The van der Waals surface area contributed by atoms with Crippen LogP contribution in [0.1, 0.15) is 25.8 Å². The number of nitrogens with zero attached hydrogens (tertiary/aromatic N) is 3. The minimum atomic E-state index is -0.920. The second-order valence-corrected chi connectivity index (χ2v) is 7.68. The summed E-state index contributed by atoms with van der Waals surface area (Å²) in [6.45, 7) is 4.34. The number of carbonyl (C=O) groups is 1. The molecule has 1 aliphatic heterocycles. The summed E-state index contributed by atoms with van der Waals surface area (Å²) in [5.41, 5.74) is 6.23. The predicted octanol–water partition coefficient (Wildman–Crippen LogP) is 0.947. The van der Waals surface area contributed by atoms with Crippen molar-refractivity contribution in [3.8, 4) is 0 Å². The minimum absolute atomic E-state index is 0.0586. The monoisotopic (exact) mass is 429 g/mol. The number of ether oxygens (including phenoxy) is 1. The van der Waals surface area contributed by atoms with Crippen LogP contribution in [0.4, 0.5) is 11.5 Å². The van der Waals surface area contributed by atoms with Crippen molar-refractivity contribution >= 4 is 23.1 Å². The summed E-state index contributed by atoms with van der Waals surface area (Å²) >= 11 is 0. The lowest BCUT2D eigenvalue weighted by Crippen LogP contribution is -2.46. The molecule has 0 fully saturated rings. The molecule has 3 rings (SSSR count). The standard InChI is InChI=1S/C21H27N5O5/c1-13(2)12-26-18(22)17(19(27)23-21(26)29)25(9-10-30-3)20(28)16-11-15(24-31-16)14-7-5-4-6-8-14/h4-8,13,16H,9-12,22H2,1-3H3,(H,23,27,29). The molecule has 10 nitrogen and oxygen atoms in total. The molecule has 3 N–H and O–H groups in total. The highest BCUT2D eigenvalue weighted by Crippen LogP contribution is 2.23. The Hall–Kier alpha value is -3.40. The molecule has 1 aromatic heterocycles. The summed E-state index contributed by atoms with van der Waals surface area (Å²) in [4.78, 5) is 47.1. The van der Waals surface area contributed by atoms with E-state index in [0.717, 1.165) is 5.56 Å². The molecule has 0 radical (unpaired) electrons. The fraction of sp³-hybridized carbons (Fsp3) is 0.429. The second-order valence-electron chi connectivity index (χ2n) is 7.68. The third kappa shape index (κ3) is 4.85. The number of anilines is 2. The molecule has 2 heterocycles. The number of nitrogen functional groups attached to an aromatic ring is 1. The molecule has 0 aliphatic carbocycles. The zero-order valence-corrected chi connectivity index (χ0v) is 17.8. The first-order valence-corrected chi connectivity index (χ1v) is 10.0. The maximum absolute atomic E-state index is 13.3.